The predicted molar refractivity (Wildman–Crippen MR) is 132 cm³/mol. The first-order chi connectivity index (χ1) is 16.1. The number of hydrogen-bond donors (Lipinski definition) is 0. The number of para-hydroxylation sites is 2. The van der Waals surface area contributed by atoms with Crippen molar-refractivity contribution >= 4 is 34.2 Å². The average molecular weight is 460 g/mol. The molecule has 1 aliphatic heterocycles. The second kappa shape index (κ2) is 9.28. The fourth-order valence-corrected chi connectivity index (χ4v) is 4.64. The molecule has 1 aromatic heterocycles. The monoisotopic (exact) mass is 459 g/mol. The highest BCUT2D eigenvalue weighted by Gasteiger charge is 2.34. The van der Waals surface area contributed by atoms with E-state index in [0.717, 1.165) is 46.8 Å². The zero-order valence-corrected chi connectivity index (χ0v) is 19.3. The Morgan fingerprint density at radius 1 is 1.06 bits per heavy atom. The minimum atomic E-state index is 0.0580. The minimum Gasteiger partial charge on any atom is -0.494 e. The second-order valence-electron chi connectivity index (χ2n) is 8.51. The third kappa shape index (κ3) is 4.60. The van der Waals surface area contributed by atoms with E-state index >= 15 is 0 Å². The lowest BCUT2D eigenvalue weighted by atomic mass is 10.1. The maximum atomic E-state index is 12.9. The van der Waals surface area contributed by atoms with Crippen molar-refractivity contribution in [3.63, 3.8) is 0 Å². The number of aromatic nitrogens is 2. The molecule has 2 heterocycles. The number of hydrogen-bond acceptors (Lipinski definition) is 3. The molecule has 0 bridgehead atoms. The van der Waals surface area contributed by atoms with Gasteiger partial charge in [-0.05, 0) is 67.4 Å². The van der Waals surface area contributed by atoms with Gasteiger partial charge in [-0.3, -0.25) is 4.79 Å². The summed E-state index contributed by atoms with van der Waals surface area (Å²) in [5.74, 6) is 1.99. The third-order valence-electron chi connectivity index (χ3n) is 6.10. The molecule has 0 aliphatic carbocycles. The fourth-order valence-electron chi connectivity index (χ4n) is 4.51. The molecule has 6 heteroatoms. The van der Waals surface area contributed by atoms with Gasteiger partial charge in [-0.2, -0.15) is 0 Å². The number of fused-ring (bicyclic) bond motifs is 1. The van der Waals surface area contributed by atoms with Crippen molar-refractivity contribution in [3.05, 3.63) is 89.2 Å². The standard InChI is InChI=1S/C27H26ClN3O2/c1-19-6-4-7-22(16-19)31-18-20(17-26(31)32)27-29-24-8-2-3-9-25(24)30(27)14-5-15-33-23-12-10-21(28)11-13-23/h2-4,6-13,16,20H,5,14-15,17-18H2,1H3/t20-/m1/s1. The van der Waals surface area contributed by atoms with Gasteiger partial charge in [0.15, 0.2) is 0 Å². The minimum absolute atomic E-state index is 0.0580. The molecular weight excluding hydrogens is 434 g/mol. The first-order valence-corrected chi connectivity index (χ1v) is 11.7. The van der Waals surface area contributed by atoms with Gasteiger partial charge in [0.05, 0.1) is 17.6 Å². The van der Waals surface area contributed by atoms with Gasteiger partial charge in [-0.25, -0.2) is 4.98 Å². The summed E-state index contributed by atoms with van der Waals surface area (Å²) in [5, 5.41) is 0.697. The number of amides is 1. The van der Waals surface area contributed by atoms with Gasteiger partial charge in [0.2, 0.25) is 5.91 Å². The van der Waals surface area contributed by atoms with Gasteiger partial charge >= 0.3 is 0 Å². The molecule has 0 spiro atoms. The van der Waals surface area contributed by atoms with Crippen molar-refractivity contribution < 1.29 is 9.53 Å². The van der Waals surface area contributed by atoms with Crippen molar-refractivity contribution in [2.45, 2.75) is 32.2 Å². The maximum absolute atomic E-state index is 12.9. The van der Waals surface area contributed by atoms with E-state index in [-0.39, 0.29) is 11.8 Å². The Bertz CT molecular complexity index is 1280. The van der Waals surface area contributed by atoms with Crippen LogP contribution in [0.2, 0.25) is 5.02 Å². The summed E-state index contributed by atoms with van der Waals surface area (Å²) in [5.41, 5.74) is 4.17. The van der Waals surface area contributed by atoms with Crippen molar-refractivity contribution in [3.8, 4) is 5.75 Å². The number of rotatable bonds is 7. The predicted octanol–water partition coefficient (Wildman–Crippen LogP) is 5.99. The van der Waals surface area contributed by atoms with Gasteiger partial charge in [0, 0.05) is 36.1 Å². The van der Waals surface area contributed by atoms with E-state index in [0.29, 0.717) is 24.6 Å². The Kier molecular flexibility index (Phi) is 6.05. The number of imidazole rings is 1. The summed E-state index contributed by atoms with van der Waals surface area (Å²) >= 11 is 5.95. The molecule has 0 radical (unpaired) electrons. The van der Waals surface area contributed by atoms with Crippen LogP contribution in [0.15, 0.2) is 72.8 Å². The summed E-state index contributed by atoms with van der Waals surface area (Å²) in [7, 11) is 0. The summed E-state index contributed by atoms with van der Waals surface area (Å²) < 4.78 is 8.15. The zero-order chi connectivity index (χ0) is 22.8. The van der Waals surface area contributed by atoms with Crippen LogP contribution >= 0.6 is 11.6 Å². The maximum Gasteiger partial charge on any atom is 0.227 e. The molecule has 33 heavy (non-hydrogen) atoms. The molecule has 1 saturated heterocycles. The Hall–Kier alpha value is -3.31. The highest BCUT2D eigenvalue weighted by Crippen LogP contribution is 2.33. The summed E-state index contributed by atoms with van der Waals surface area (Å²) in [6.07, 6.45) is 1.30. The van der Waals surface area contributed by atoms with E-state index in [1.807, 2.05) is 72.5 Å². The van der Waals surface area contributed by atoms with Crippen molar-refractivity contribution in [1.29, 1.82) is 0 Å². The second-order valence-corrected chi connectivity index (χ2v) is 8.95. The van der Waals surface area contributed by atoms with Crippen LogP contribution in [0.1, 0.15) is 30.1 Å². The molecule has 1 atom stereocenters. The normalized spacial score (nSPS) is 16.0. The molecule has 0 saturated carbocycles. The van der Waals surface area contributed by atoms with Crippen LogP contribution in [-0.2, 0) is 11.3 Å². The molecule has 1 aliphatic rings. The largest absolute Gasteiger partial charge is 0.494 e. The van der Waals surface area contributed by atoms with E-state index in [2.05, 4.69) is 16.7 Å². The lowest BCUT2D eigenvalue weighted by Crippen LogP contribution is -2.24. The number of ether oxygens (including phenoxy) is 1. The first kappa shape index (κ1) is 21.5. The van der Waals surface area contributed by atoms with Gasteiger partial charge in [0.1, 0.15) is 11.6 Å². The molecule has 5 nitrogen and oxygen atoms in total. The van der Waals surface area contributed by atoms with Crippen LogP contribution in [0.3, 0.4) is 0 Å². The number of carbonyl (C=O) groups excluding carboxylic acids is 1. The number of carbonyl (C=O) groups is 1. The number of aryl methyl sites for hydroxylation is 2. The Morgan fingerprint density at radius 2 is 1.88 bits per heavy atom. The van der Waals surface area contributed by atoms with Crippen LogP contribution < -0.4 is 9.64 Å². The molecule has 1 fully saturated rings. The number of anilines is 1. The lowest BCUT2D eigenvalue weighted by Gasteiger charge is -2.18. The van der Waals surface area contributed by atoms with Crippen molar-refractivity contribution in [1.82, 2.24) is 9.55 Å². The molecule has 3 aromatic carbocycles. The molecule has 0 unspecified atom stereocenters. The quantitative estimate of drug-likeness (QED) is 0.319. The van der Waals surface area contributed by atoms with Crippen LogP contribution in [0.25, 0.3) is 11.0 Å². The molecule has 1 amide bonds. The highest BCUT2D eigenvalue weighted by molar-refractivity contribution is 6.30. The number of benzene rings is 3. The van der Waals surface area contributed by atoms with E-state index in [1.165, 1.54) is 0 Å². The average Bonchev–Trinajstić information content (AvgIpc) is 3.38. The molecular formula is C27H26ClN3O2. The number of halogens is 1. The Morgan fingerprint density at radius 3 is 2.70 bits per heavy atom. The van der Waals surface area contributed by atoms with E-state index < -0.39 is 0 Å². The first-order valence-electron chi connectivity index (χ1n) is 11.3. The number of nitrogens with zero attached hydrogens (tertiary/aromatic N) is 3. The highest BCUT2D eigenvalue weighted by atomic mass is 35.5. The van der Waals surface area contributed by atoms with E-state index in [4.69, 9.17) is 21.3 Å². The smallest absolute Gasteiger partial charge is 0.227 e. The van der Waals surface area contributed by atoms with Crippen LogP contribution in [-0.4, -0.2) is 28.6 Å². The molecule has 4 aromatic rings. The summed E-state index contributed by atoms with van der Waals surface area (Å²) in [6, 6.07) is 23.7. The topological polar surface area (TPSA) is 47.4 Å². The summed E-state index contributed by atoms with van der Waals surface area (Å²) in [6.45, 7) is 4.06. The van der Waals surface area contributed by atoms with E-state index in [1.54, 1.807) is 0 Å². The van der Waals surface area contributed by atoms with Crippen LogP contribution in [0, 0.1) is 6.92 Å². The summed E-state index contributed by atoms with van der Waals surface area (Å²) in [4.78, 5) is 19.7. The van der Waals surface area contributed by atoms with Gasteiger partial charge in [-0.15, -0.1) is 0 Å². The van der Waals surface area contributed by atoms with Gasteiger partial charge in [0.25, 0.3) is 0 Å². The lowest BCUT2D eigenvalue weighted by molar-refractivity contribution is -0.117. The SMILES string of the molecule is Cc1cccc(N2C[C@H](c3nc4ccccc4n3CCCOc3ccc(Cl)cc3)CC2=O)c1. The zero-order valence-electron chi connectivity index (χ0n) is 18.6. The van der Waals surface area contributed by atoms with Gasteiger partial charge in [-0.1, -0.05) is 35.9 Å². The fraction of sp³-hybridized carbons (Fsp3) is 0.259. The Balaban J connectivity index is 1.34. The van der Waals surface area contributed by atoms with Crippen LogP contribution in [0.5, 0.6) is 5.75 Å². The Labute approximate surface area is 198 Å². The van der Waals surface area contributed by atoms with Crippen molar-refractivity contribution in [2.75, 3.05) is 18.1 Å². The molecule has 168 valence electrons. The molecule has 0 N–H and O–H groups in total. The van der Waals surface area contributed by atoms with Crippen LogP contribution in [0.4, 0.5) is 5.69 Å². The van der Waals surface area contributed by atoms with Crippen molar-refractivity contribution in [2.24, 2.45) is 0 Å². The van der Waals surface area contributed by atoms with E-state index in [9.17, 15) is 4.79 Å². The van der Waals surface area contributed by atoms with Gasteiger partial charge < -0.3 is 14.2 Å². The molecule has 5 rings (SSSR count). The third-order valence-corrected chi connectivity index (χ3v) is 6.35.